The minimum absolute atomic E-state index is 0.120. The first kappa shape index (κ1) is 33.8. The molecule has 0 aliphatic carbocycles. The molecule has 10 nitrogen and oxygen atoms in total. The lowest BCUT2D eigenvalue weighted by Gasteiger charge is -2.34. The molecule has 244 valence electrons. The maximum Gasteiger partial charge on any atom is 0.262 e. The second-order valence-corrected chi connectivity index (χ2v) is 15.9. The van der Waals surface area contributed by atoms with Crippen LogP contribution in [-0.4, -0.2) is 93.9 Å². The number of sulfonamides is 1. The Morgan fingerprint density at radius 1 is 1.07 bits per heavy atom. The van der Waals surface area contributed by atoms with E-state index in [0.29, 0.717) is 60.8 Å². The summed E-state index contributed by atoms with van der Waals surface area (Å²) in [5.74, 6) is 0.420. The van der Waals surface area contributed by atoms with E-state index in [1.807, 2.05) is 44.2 Å². The number of carbonyl (C=O) groups excluding carboxylic acids is 2. The number of halogens is 1. The summed E-state index contributed by atoms with van der Waals surface area (Å²) in [6, 6.07) is 14.0. The van der Waals surface area contributed by atoms with Crippen molar-refractivity contribution in [3.63, 3.8) is 0 Å². The zero-order valence-corrected chi connectivity index (χ0v) is 29.0. The predicted molar refractivity (Wildman–Crippen MR) is 181 cm³/mol. The average molecular weight is 721 g/mol. The minimum Gasteiger partial charge on any atom is -0.489 e. The summed E-state index contributed by atoms with van der Waals surface area (Å²) in [4.78, 5) is 29.1. The van der Waals surface area contributed by atoms with Gasteiger partial charge in [-0.15, -0.1) is 11.3 Å². The molecule has 2 fully saturated rings. The van der Waals surface area contributed by atoms with E-state index in [4.69, 9.17) is 4.74 Å². The minimum atomic E-state index is -3.66. The molecule has 45 heavy (non-hydrogen) atoms. The van der Waals surface area contributed by atoms with E-state index < -0.39 is 16.1 Å². The maximum absolute atomic E-state index is 13.4. The van der Waals surface area contributed by atoms with Gasteiger partial charge < -0.3 is 20.7 Å². The van der Waals surface area contributed by atoms with Crippen molar-refractivity contribution < 1.29 is 22.7 Å². The van der Waals surface area contributed by atoms with E-state index in [1.54, 1.807) is 18.2 Å². The molecule has 3 aromatic rings. The van der Waals surface area contributed by atoms with Crippen LogP contribution in [0, 0.1) is 5.92 Å². The molecule has 5 rings (SSSR count). The van der Waals surface area contributed by atoms with Crippen molar-refractivity contribution in [3.8, 4) is 5.75 Å². The summed E-state index contributed by atoms with van der Waals surface area (Å²) < 4.78 is 36.1. The number of amides is 2. The van der Waals surface area contributed by atoms with E-state index in [0.717, 1.165) is 36.0 Å². The van der Waals surface area contributed by atoms with Crippen LogP contribution < -0.4 is 20.7 Å². The maximum atomic E-state index is 13.4. The van der Waals surface area contributed by atoms with Crippen molar-refractivity contribution in [3.05, 3.63) is 57.9 Å². The van der Waals surface area contributed by atoms with Gasteiger partial charge in [0.25, 0.3) is 5.91 Å². The van der Waals surface area contributed by atoms with E-state index in [1.165, 1.54) is 15.6 Å². The summed E-state index contributed by atoms with van der Waals surface area (Å²) in [6.45, 7) is 8.72. The van der Waals surface area contributed by atoms with Crippen LogP contribution >= 0.6 is 27.3 Å². The topological polar surface area (TPSA) is 120 Å². The summed E-state index contributed by atoms with van der Waals surface area (Å²) >= 11 is 4.92. The number of thiophene rings is 1. The lowest BCUT2D eigenvalue weighted by atomic mass is 10.0. The number of piperidine rings is 1. The highest BCUT2D eigenvalue weighted by atomic mass is 79.9. The number of nitrogens with one attached hydrogen (secondary N) is 3. The molecule has 2 aromatic carbocycles. The van der Waals surface area contributed by atoms with Crippen molar-refractivity contribution in [1.29, 1.82) is 0 Å². The van der Waals surface area contributed by atoms with Crippen LogP contribution in [0.5, 0.6) is 5.75 Å². The third-order valence-corrected chi connectivity index (χ3v) is 11.8. The summed E-state index contributed by atoms with van der Waals surface area (Å²) in [5.41, 5.74) is 0. The van der Waals surface area contributed by atoms with Crippen LogP contribution in [0.1, 0.15) is 42.8 Å². The van der Waals surface area contributed by atoms with E-state index in [2.05, 4.69) is 36.8 Å². The molecule has 0 spiro atoms. The predicted octanol–water partition coefficient (Wildman–Crippen LogP) is 4.06. The number of hydrogen-bond acceptors (Lipinski definition) is 8. The first-order valence-electron chi connectivity index (χ1n) is 15.6. The average Bonchev–Trinajstić information content (AvgIpc) is 3.47. The van der Waals surface area contributed by atoms with Gasteiger partial charge >= 0.3 is 0 Å². The molecule has 0 bridgehead atoms. The van der Waals surface area contributed by atoms with Crippen molar-refractivity contribution in [1.82, 2.24) is 25.2 Å². The Labute approximate surface area is 278 Å². The van der Waals surface area contributed by atoms with Crippen LogP contribution in [0.2, 0.25) is 0 Å². The fourth-order valence-electron chi connectivity index (χ4n) is 5.66. The van der Waals surface area contributed by atoms with Gasteiger partial charge in [0.2, 0.25) is 15.9 Å². The second-order valence-electron chi connectivity index (χ2n) is 12.0. The molecule has 0 saturated carbocycles. The normalized spacial score (nSPS) is 17.8. The van der Waals surface area contributed by atoms with Gasteiger partial charge in [-0.05, 0) is 89.9 Å². The second kappa shape index (κ2) is 15.4. The fraction of sp³-hybridized carbons (Fsp3) is 0.500. The Kier molecular flexibility index (Phi) is 11.5. The standard InChI is InChI=1S/C32H42BrN5O5S2/c1-22(2)19-27(36-32(40)30-20-23-5-3-4-6-29(23)44-30)31(39)35-13-14-37-15-17-38(18-16-37)45(41,42)25-7-8-28(26(33)21-25)43-24-9-11-34-12-10-24/h3-8,20-22,24,27,34H,9-19H2,1-2H3,(H,35,39)(H,36,40)/t27-/m0/s1. The fourth-order valence-corrected chi connectivity index (χ4v) is 8.70. The monoisotopic (exact) mass is 719 g/mol. The Balaban J connectivity index is 1.09. The molecular formula is C32H42BrN5O5S2. The molecule has 0 unspecified atom stereocenters. The molecule has 2 amide bonds. The van der Waals surface area contributed by atoms with Crippen molar-refractivity contribution >= 4 is 59.2 Å². The van der Waals surface area contributed by atoms with Gasteiger partial charge in [-0.2, -0.15) is 4.31 Å². The van der Waals surface area contributed by atoms with Gasteiger partial charge in [-0.1, -0.05) is 32.0 Å². The number of benzene rings is 2. The molecule has 2 aliphatic rings. The third kappa shape index (κ3) is 8.83. The molecule has 2 saturated heterocycles. The van der Waals surface area contributed by atoms with E-state index in [-0.39, 0.29) is 28.7 Å². The quantitative estimate of drug-likeness (QED) is 0.258. The number of piperazine rings is 1. The summed E-state index contributed by atoms with van der Waals surface area (Å²) in [7, 11) is -3.66. The largest absolute Gasteiger partial charge is 0.489 e. The molecule has 2 aliphatic heterocycles. The number of ether oxygens (including phenoxy) is 1. The van der Waals surface area contributed by atoms with Gasteiger partial charge in [0.15, 0.2) is 0 Å². The molecule has 0 radical (unpaired) electrons. The van der Waals surface area contributed by atoms with Crippen molar-refractivity contribution in [2.45, 2.75) is 50.2 Å². The van der Waals surface area contributed by atoms with Gasteiger partial charge in [0.1, 0.15) is 17.9 Å². The zero-order valence-electron chi connectivity index (χ0n) is 25.8. The number of nitrogens with zero attached hydrogens (tertiary/aromatic N) is 2. The molecule has 1 aromatic heterocycles. The van der Waals surface area contributed by atoms with Crippen LogP contribution in [0.3, 0.4) is 0 Å². The van der Waals surface area contributed by atoms with Gasteiger partial charge in [-0.25, -0.2) is 8.42 Å². The molecule has 3 heterocycles. The number of carbonyl (C=O) groups is 2. The van der Waals surface area contributed by atoms with Crippen LogP contribution in [0.25, 0.3) is 10.1 Å². The van der Waals surface area contributed by atoms with Crippen LogP contribution in [-0.2, 0) is 14.8 Å². The number of rotatable bonds is 12. The van der Waals surface area contributed by atoms with Crippen LogP contribution in [0.15, 0.2) is 57.9 Å². The van der Waals surface area contributed by atoms with Crippen molar-refractivity contribution in [2.24, 2.45) is 5.92 Å². The van der Waals surface area contributed by atoms with Crippen LogP contribution in [0.4, 0.5) is 0 Å². The Bertz CT molecular complexity index is 1550. The summed E-state index contributed by atoms with van der Waals surface area (Å²) in [6.07, 6.45) is 2.49. The smallest absolute Gasteiger partial charge is 0.262 e. The van der Waals surface area contributed by atoms with E-state index in [9.17, 15) is 18.0 Å². The highest BCUT2D eigenvalue weighted by Gasteiger charge is 2.30. The lowest BCUT2D eigenvalue weighted by Crippen LogP contribution is -2.52. The number of fused-ring (bicyclic) bond motifs is 1. The lowest BCUT2D eigenvalue weighted by molar-refractivity contribution is -0.123. The first-order chi connectivity index (χ1) is 21.6. The Hall–Kier alpha value is -2.55. The summed E-state index contributed by atoms with van der Waals surface area (Å²) in [5, 5.41) is 10.2. The molecule has 13 heteroatoms. The molecule has 3 N–H and O–H groups in total. The number of hydrogen-bond donors (Lipinski definition) is 3. The van der Waals surface area contributed by atoms with Gasteiger partial charge in [-0.3, -0.25) is 14.5 Å². The molecular weight excluding hydrogens is 678 g/mol. The van der Waals surface area contributed by atoms with Gasteiger partial charge in [0, 0.05) is 44.0 Å². The SMILES string of the molecule is CC(C)C[C@H](NC(=O)c1cc2ccccc2s1)C(=O)NCCN1CCN(S(=O)(=O)c2ccc(OC3CCNCC3)c(Br)c2)CC1. The van der Waals surface area contributed by atoms with Gasteiger partial charge in [0.05, 0.1) is 14.2 Å². The van der Waals surface area contributed by atoms with Crippen molar-refractivity contribution in [2.75, 3.05) is 52.4 Å². The third-order valence-electron chi connectivity index (χ3n) is 8.16. The molecule has 1 atom stereocenters. The van der Waals surface area contributed by atoms with E-state index >= 15 is 0 Å². The Morgan fingerprint density at radius 3 is 2.49 bits per heavy atom. The highest BCUT2D eigenvalue weighted by Crippen LogP contribution is 2.31. The Morgan fingerprint density at radius 2 is 1.80 bits per heavy atom. The zero-order chi connectivity index (χ0) is 32.0. The highest BCUT2D eigenvalue weighted by molar-refractivity contribution is 9.10. The first-order valence-corrected chi connectivity index (χ1v) is 18.6.